The Morgan fingerprint density at radius 3 is 2.52 bits per heavy atom. The van der Waals surface area contributed by atoms with Gasteiger partial charge >= 0.3 is 0 Å². The predicted octanol–water partition coefficient (Wildman–Crippen LogP) is 2.54. The van der Waals surface area contributed by atoms with Crippen LogP contribution in [0.5, 0.6) is 0 Å². The van der Waals surface area contributed by atoms with E-state index in [1.54, 1.807) is 6.07 Å². The van der Waals surface area contributed by atoms with Gasteiger partial charge in [-0.2, -0.15) is 0 Å². The maximum atomic E-state index is 12.3. The first-order chi connectivity index (χ1) is 11.1. The second kappa shape index (κ2) is 6.96. The number of nitrogens with zero attached hydrogens (tertiary/aromatic N) is 3. The maximum absolute atomic E-state index is 12.3. The normalized spacial score (nSPS) is 17.2. The van der Waals surface area contributed by atoms with E-state index in [9.17, 15) is 4.79 Å². The lowest BCUT2D eigenvalue weighted by molar-refractivity contribution is 0.0592. The quantitative estimate of drug-likeness (QED) is 0.870. The Morgan fingerprint density at radius 2 is 1.91 bits per heavy atom. The first kappa shape index (κ1) is 15.7. The van der Waals surface area contributed by atoms with Crippen LogP contribution in [0.3, 0.4) is 0 Å². The van der Waals surface area contributed by atoms with Crippen LogP contribution in [0.2, 0.25) is 0 Å². The number of carbonyl (C=O) groups is 1. The highest BCUT2D eigenvalue weighted by molar-refractivity contribution is 5.91. The number of rotatable bonds is 4. The molecule has 0 radical (unpaired) electrons. The van der Waals surface area contributed by atoms with Gasteiger partial charge in [0.1, 0.15) is 0 Å². The molecule has 2 aromatic rings. The molecule has 1 unspecified atom stereocenters. The SMILES string of the molecule is Cc1cc(C(=O)N2CCN(CC(C)c3ccccc3)CC2)on1. The van der Waals surface area contributed by atoms with Crippen molar-refractivity contribution in [3.05, 3.63) is 53.4 Å². The highest BCUT2D eigenvalue weighted by Gasteiger charge is 2.25. The van der Waals surface area contributed by atoms with Gasteiger partial charge in [-0.25, -0.2) is 0 Å². The Balaban J connectivity index is 1.51. The Morgan fingerprint density at radius 1 is 1.22 bits per heavy atom. The Hall–Kier alpha value is -2.14. The van der Waals surface area contributed by atoms with Gasteiger partial charge in [-0.3, -0.25) is 9.69 Å². The Bertz CT molecular complexity index is 645. The highest BCUT2D eigenvalue weighted by atomic mass is 16.5. The fraction of sp³-hybridized carbons (Fsp3) is 0.444. The minimum atomic E-state index is -0.0543. The van der Waals surface area contributed by atoms with Crippen LogP contribution >= 0.6 is 0 Å². The molecule has 1 aliphatic heterocycles. The van der Waals surface area contributed by atoms with Crippen LogP contribution in [0.25, 0.3) is 0 Å². The molecule has 3 rings (SSSR count). The Kier molecular flexibility index (Phi) is 4.76. The molecule has 2 heterocycles. The molecule has 23 heavy (non-hydrogen) atoms. The minimum absolute atomic E-state index is 0.0543. The lowest BCUT2D eigenvalue weighted by Crippen LogP contribution is -2.49. The third-order valence-electron chi connectivity index (χ3n) is 4.40. The van der Waals surface area contributed by atoms with Crippen molar-refractivity contribution in [3.8, 4) is 0 Å². The third kappa shape index (κ3) is 3.79. The van der Waals surface area contributed by atoms with Crippen molar-refractivity contribution in [3.63, 3.8) is 0 Å². The van der Waals surface area contributed by atoms with Crippen LogP contribution in [0, 0.1) is 6.92 Å². The van der Waals surface area contributed by atoms with Gasteiger partial charge in [0, 0.05) is 38.8 Å². The lowest BCUT2D eigenvalue weighted by atomic mass is 10.0. The zero-order chi connectivity index (χ0) is 16.2. The number of hydrogen-bond donors (Lipinski definition) is 0. The van der Waals surface area contributed by atoms with Crippen molar-refractivity contribution in [2.24, 2.45) is 0 Å². The number of aromatic nitrogens is 1. The van der Waals surface area contributed by atoms with Gasteiger partial charge in [-0.1, -0.05) is 42.4 Å². The van der Waals surface area contributed by atoms with Crippen molar-refractivity contribution in [2.75, 3.05) is 32.7 Å². The van der Waals surface area contributed by atoms with Gasteiger partial charge in [0.15, 0.2) is 0 Å². The molecule has 0 saturated carbocycles. The van der Waals surface area contributed by atoms with E-state index >= 15 is 0 Å². The molecule has 1 saturated heterocycles. The van der Waals surface area contributed by atoms with E-state index in [0.717, 1.165) is 38.4 Å². The van der Waals surface area contributed by atoms with E-state index in [1.807, 2.05) is 17.9 Å². The van der Waals surface area contributed by atoms with Gasteiger partial charge in [0.25, 0.3) is 5.91 Å². The molecule has 0 spiro atoms. The topological polar surface area (TPSA) is 49.6 Å². The van der Waals surface area contributed by atoms with Gasteiger partial charge in [0.05, 0.1) is 5.69 Å². The molecular formula is C18H23N3O2. The molecule has 122 valence electrons. The summed E-state index contributed by atoms with van der Waals surface area (Å²) in [6, 6.07) is 12.3. The van der Waals surface area contributed by atoms with E-state index in [1.165, 1.54) is 5.56 Å². The zero-order valence-electron chi connectivity index (χ0n) is 13.7. The van der Waals surface area contributed by atoms with Crippen LogP contribution in [-0.2, 0) is 0 Å². The fourth-order valence-electron chi connectivity index (χ4n) is 3.03. The van der Waals surface area contributed by atoms with Crippen LogP contribution in [0.1, 0.15) is 34.7 Å². The lowest BCUT2D eigenvalue weighted by Gasteiger charge is -2.35. The van der Waals surface area contributed by atoms with E-state index in [4.69, 9.17) is 4.52 Å². The van der Waals surface area contributed by atoms with E-state index in [0.29, 0.717) is 11.7 Å². The molecule has 5 nitrogen and oxygen atoms in total. The predicted molar refractivity (Wildman–Crippen MR) is 88.4 cm³/mol. The summed E-state index contributed by atoms with van der Waals surface area (Å²) in [4.78, 5) is 16.6. The number of aryl methyl sites for hydroxylation is 1. The van der Waals surface area contributed by atoms with Crippen LogP contribution < -0.4 is 0 Å². The summed E-state index contributed by atoms with van der Waals surface area (Å²) in [5.41, 5.74) is 2.10. The van der Waals surface area contributed by atoms with Crippen molar-refractivity contribution >= 4 is 5.91 Å². The summed E-state index contributed by atoms with van der Waals surface area (Å²) >= 11 is 0. The average Bonchev–Trinajstić information content (AvgIpc) is 3.02. The summed E-state index contributed by atoms with van der Waals surface area (Å²) in [7, 11) is 0. The molecule has 1 aromatic carbocycles. The average molecular weight is 313 g/mol. The van der Waals surface area contributed by atoms with Gasteiger partial charge in [-0.05, 0) is 18.4 Å². The molecule has 1 aliphatic rings. The largest absolute Gasteiger partial charge is 0.351 e. The number of amides is 1. The molecule has 1 aromatic heterocycles. The first-order valence-electron chi connectivity index (χ1n) is 8.13. The molecule has 0 N–H and O–H groups in total. The van der Waals surface area contributed by atoms with E-state index < -0.39 is 0 Å². The second-order valence-corrected chi connectivity index (χ2v) is 6.24. The summed E-state index contributed by atoms with van der Waals surface area (Å²) < 4.78 is 5.07. The van der Waals surface area contributed by atoms with E-state index in [2.05, 4.69) is 41.2 Å². The van der Waals surface area contributed by atoms with Crippen LogP contribution in [-0.4, -0.2) is 53.6 Å². The van der Waals surface area contributed by atoms with Crippen molar-refractivity contribution in [1.82, 2.24) is 15.0 Å². The molecule has 5 heteroatoms. The van der Waals surface area contributed by atoms with Crippen LogP contribution in [0.15, 0.2) is 40.9 Å². The van der Waals surface area contributed by atoms with Crippen molar-refractivity contribution in [1.29, 1.82) is 0 Å². The van der Waals surface area contributed by atoms with Gasteiger partial charge < -0.3 is 9.42 Å². The summed E-state index contributed by atoms with van der Waals surface area (Å²) in [6.07, 6.45) is 0. The minimum Gasteiger partial charge on any atom is -0.351 e. The highest BCUT2D eigenvalue weighted by Crippen LogP contribution is 2.17. The summed E-state index contributed by atoms with van der Waals surface area (Å²) in [5, 5.41) is 3.79. The molecular weight excluding hydrogens is 290 g/mol. The van der Waals surface area contributed by atoms with Crippen molar-refractivity contribution in [2.45, 2.75) is 19.8 Å². The standard InChI is InChI=1S/C18H23N3O2/c1-14(16-6-4-3-5-7-16)13-20-8-10-21(11-9-20)18(22)17-12-15(2)19-23-17/h3-7,12,14H,8-11,13H2,1-2H3. The maximum Gasteiger partial charge on any atom is 0.292 e. The van der Waals surface area contributed by atoms with Crippen LogP contribution in [0.4, 0.5) is 0 Å². The molecule has 0 bridgehead atoms. The van der Waals surface area contributed by atoms with Crippen molar-refractivity contribution < 1.29 is 9.32 Å². The molecule has 1 atom stereocenters. The monoisotopic (exact) mass is 313 g/mol. The number of benzene rings is 1. The summed E-state index contributed by atoms with van der Waals surface area (Å²) in [6.45, 7) is 8.37. The number of hydrogen-bond acceptors (Lipinski definition) is 4. The van der Waals surface area contributed by atoms with Gasteiger partial charge in [-0.15, -0.1) is 0 Å². The molecule has 1 fully saturated rings. The number of piperazine rings is 1. The zero-order valence-corrected chi connectivity index (χ0v) is 13.7. The second-order valence-electron chi connectivity index (χ2n) is 6.24. The fourth-order valence-corrected chi connectivity index (χ4v) is 3.03. The molecule has 1 amide bonds. The van der Waals surface area contributed by atoms with Gasteiger partial charge in [0.2, 0.25) is 5.76 Å². The summed E-state index contributed by atoms with van der Waals surface area (Å²) in [5.74, 6) is 0.783. The number of carbonyl (C=O) groups excluding carboxylic acids is 1. The Labute approximate surface area is 136 Å². The van der Waals surface area contributed by atoms with E-state index in [-0.39, 0.29) is 5.91 Å². The first-order valence-corrected chi connectivity index (χ1v) is 8.13. The molecule has 0 aliphatic carbocycles. The third-order valence-corrected chi connectivity index (χ3v) is 4.40. The smallest absolute Gasteiger partial charge is 0.292 e.